The first-order valence-electron chi connectivity index (χ1n) is 11.3. The minimum absolute atomic E-state index is 0.0732. The van der Waals surface area contributed by atoms with Crippen LogP contribution in [0.2, 0.25) is 0 Å². The largest absolute Gasteiger partial charge is 0.493 e. The van der Waals surface area contributed by atoms with E-state index in [1.807, 2.05) is 17.0 Å². The summed E-state index contributed by atoms with van der Waals surface area (Å²) in [7, 11) is 4.69. The summed E-state index contributed by atoms with van der Waals surface area (Å²) < 4.78 is 17.0. The third-order valence-electron chi connectivity index (χ3n) is 6.15. The number of rotatable bonds is 11. The fourth-order valence-electron chi connectivity index (χ4n) is 4.69. The molecule has 2 aromatic rings. The lowest BCUT2D eigenvalue weighted by Gasteiger charge is -2.31. The number of aliphatic hydroxyl groups excluding tert-OH is 3. The van der Waals surface area contributed by atoms with Crippen LogP contribution in [0.3, 0.4) is 0 Å². The Morgan fingerprint density at radius 3 is 2.26 bits per heavy atom. The van der Waals surface area contributed by atoms with Crippen molar-refractivity contribution in [3.63, 3.8) is 0 Å². The van der Waals surface area contributed by atoms with Gasteiger partial charge in [0.25, 0.3) is 0 Å². The summed E-state index contributed by atoms with van der Waals surface area (Å²) in [6, 6.07) is 6.89. The van der Waals surface area contributed by atoms with Gasteiger partial charge in [-0.1, -0.05) is 6.07 Å². The molecule has 1 atom stereocenters. The lowest BCUT2D eigenvalue weighted by atomic mass is 9.95. The molecule has 0 bridgehead atoms. The van der Waals surface area contributed by atoms with Gasteiger partial charge in [-0.25, -0.2) is 0 Å². The average Bonchev–Trinajstić information content (AvgIpc) is 3.09. The van der Waals surface area contributed by atoms with Gasteiger partial charge in [0.15, 0.2) is 11.5 Å². The van der Waals surface area contributed by atoms with Gasteiger partial charge in [-0.15, -0.1) is 0 Å². The molecule has 0 fully saturated rings. The molecule has 0 spiro atoms. The number of aliphatic hydroxyl groups is 3. The molecule has 0 aromatic heterocycles. The maximum Gasteiger partial charge on any atom is 0.203 e. The summed E-state index contributed by atoms with van der Waals surface area (Å²) in [6.07, 6.45) is 1.31. The summed E-state index contributed by atoms with van der Waals surface area (Å²) >= 11 is 0. The second-order valence-electron chi connectivity index (χ2n) is 7.99. The van der Waals surface area contributed by atoms with E-state index in [1.165, 1.54) is 0 Å². The highest BCUT2D eigenvalue weighted by Crippen LogP contribution is 2.50. The smallest absolute Gasteiger partial charge is 0.203 e. The molecule has 9 nitrogen and oxygen atoms in total. The molecular formula is C25H34N2O7. The number of fused-ring (bicyclic) bond motifs is 3. The molecule has 34 heavy (non-hydrogen) atoms. The lowest BCUT2D eigenvalue weighted by Crippen LogP contribution is -2.34. The maximum absolute atomic E-state index is 13.1. The number of anilines is 1. The van der Waals surface area contributed by atoms with Crippen LogP contribution in [0.4, 0.5) is 5.69 Å². The van der Waals surface area contributed by atoms with E-state index in [0.29, 0.717) is 48.9 Å². The Hall–Kier alpha value is -2.85. The van der Waals surface area contributed by atoms with Crippen molar-refractivity contribution in [3.05, 3.63) is 45.6 Å². The van der Waals surface area contributed by atoms with Crippen LogP contribution in [0.25, 0.3) is 11.1 Å². The van der Waals surface area contributed by atoms with Crippen molar-refractivity contribution >= 4 is 5.69 Å². The minimum Gasteiger partial charge on any atom is -0.493 e. The normalized spacial score (nSPS) is 14.7. The average molecular weight is 475 g/mol. The summed E-state index contributed by atoms with van der Waals surface area (Å²) in [5, 5.41) is 31.5. The first-order chi connectivity index (χ1) is 16.5. The van der Waals surface area contributed by atoms with E-state index in [9.17, 15) is 20.1 Å². The molecular weight excluding hydrogens is 440 g/mol. The van der Waals surface area contributed by atoms with E-state index < -0.39 is 0 Å². The number of ether oxygens (including phenoxy) is 3. The number of nitrogens with one attached hydrogen (secondary N) is 1. The number of methoxy groups -OCH3 is 3. The van der Waals surface area contributed by atoms with Gasteiger partial charge in [-0.05, 0) is 47.7 Å². The topological polar surface area (TPSA) is 121 Å². The second-order valence-corrected chi connectivity index (χ2v) is 7.99. The molecule has 0 saturated heterocycles. The predicted octanol–water partition coefficient (Wildman–Crippen LogP) is 1.42. The molecule has 0 amide bonds. The van der Waals surface area contributed by atoms with E-state index in [-0.39, 0.29) is 37.8 Å². The number of hydrogen-bond acceptors (Lipinski definition) is 9. The summed E-state index contributed by atoms with van der Waals surface area (Å²) in [4.78, 5) is 15.1. The van der Waals surface area contributed by atoms with E-state index in [2.05, 4.69) is 5.32 Å². The molecule has 1 aliphatic carbocycles. The fourth-order valence-corrected chi connectivity index (χ4v) is 4.69. The van der Waals surface area contributed by atoms with Gasteiger partial charge in [0, 0.05) is 31.2 Å². The summed E-state index contributed by atoms with van der Waals surface area (Å²) in [5.41, 5.74) is 3.52. The zero-order valence-corrected chi connectivity index (χ0v) is 20.0. The van der Waals surface area contributed by atoms with Gasteiger partial charge in [0.05, 0.1) is 46.8 Å². The molecule has 9 heteroatoms. The quantitative estimate of drug-likeness (QED) is 0.383. The Balaban J connectivity index is 2.35. The van der Waals surface area contributed by atoms with Crippen molar-refractivity contribution in [2.75, 3.05) is 66.1 Å². The van der Waals surface area contributed by atoms with E-state index >= 15 is 0 Å². The zero-order valence-electron chi connectivity index (χ0n) is 20.0. The summed E-state index contributed by atoms with van der Waals surface area (Å²) in [6.45, 7) is 0.709. The van der Waals surface area contributed by atoms with Crippen LogP contribution < -0.4 is 25.0 Å². The van der Waals surface area contributed by atoms with Crippen LogP contribution >= 0.6 is 0 Å². The Labute approximate surface area is 199 Å². The predicted molar refractivity (Wildman–Crippen MR) is 130 cm³/mol. The van der Waals surface area contributed by atoms with Crippen LogP contribution in [0, 0.1) is 0 Å². The van der Waals surface area contributed by atoms with Crippen LogP contribution in [0.1, 0.15) is 23.6 Å². The highest BCUT2D eigenvalue weighted by Gasteiger charge is 2.31. The van der Waals surface area contributed by atoms with Gasteiger partial charge < -0.3 is 34.8 Å². The van der Waals surface area contributed by atoms with Gasteiger partial charge in [-0.3, -0.25) is 9.69 Å². The second kappa shape index (κ2) is 12.0. The summed E-state index contributed by atoms with van der Waals surface area (Å²) in [5.74, 6) is 1.53. The highest BCUT2D eigenvalue weighted by molar-refractivity contribution is 5.83. The van der Waals surface area contributed by atoms with Crippen molar-refractivity contribution in [2.24, 2.45) is 0 Å². The van der Waals surface area contributed by atoms with Gasteiger partial charge in [0.1, 0.15) is 0 Å². The standard InChI is InChI=1S/C25H34N2O7/c1-32-22-14-16-4-7-20(27(9-12-29)10-13-30)18-15-21(31)19(26-8-11-28)6-5-17(18)23(16)25(34-3)24(22)33-2/h5-6,14-15,20,28-30H,4,7-13H2,1-3H3,(H,26,31). The van der Waals surface area contributed by atoms with E-state index in [4.69, 9.17) is 14.2 Å². The van der Waals surface area contributed by atoms with Gasteiger partial charge in [-0.2, -0.15) is 0 Å². The maximum atomic E-state index is 13.1. The molecule has 4 N–H and O–H groups in total. The van der Waals surface area contributed by atoms with Crippen molar-refractivity contribution < 1.29 is 29.5 Å². The van der Waals surface area contributed by atoms with Crippen LogP contribution in [-0.2, 0) is 6.42 Å². The Bertz CT molecular complexity index is 1040. The number of aryl methyl sites for hydroxylation is 1. The number of hydrogen-bond donors (Lipinski definition) is 4. The molecule has 3 rings (SSSR count). The first-order valence-corrected chi connectivity index (χ1v) is 11.3. The highest BCUT2D eigenvalue weighted by atomic mass is 16.5. The van der Waals surface area contributed by atoms with Crippen LogP contribution in [0.15, 0.2) is 29.1 Å². The number of nitrogens with zero attached hydrogens (tertiary/aromatic N) is 1. The third-order valence-corrected chi connectivity index (χ3v) is 6.15. The number of benzene rings is 1. The molecule has 0 saturated carbocycles. The van der Waals surface area contributed by atoms with Crippen LogP contribution in [0.5, 0.6) is 17.2 Å². The lowest BCUT2D eigenvalue weighted by molar-refractivity contribution is 0.117. The van der Waals surface area contributed by atoms with Gasteiger partial charge in [0.2, 0.25) is 11.2 Å². The van der Waals surface area contributed by atoms with Crippen molar-refractivity contribution in [1.29, 1.82) is 0 Å². The van der Waals surface area contributed by atoms with Crippen molar-refractivity contribution in [1.82, 2.24) is 4.90 Å². The SMILES string of the molecule is COc1cc2c(c(OC)c1OC)-c1ccc(NCCO)c(=O)cc1C(N(CCO)CCO)CC2. The first kappa shape index (κ1) is 25.8. The van der Waals surface area contributed by atoms with E-state index in [0.717, 1.165) is 22.3 Å². The molecule has 186 valence electrons. The van der Waals surface area contributed by atoms with Crippen molar-refractivity contribution in [2.45, 2.75) is 18.9 Å². The molecule has 0 aliphatic heterocycles. The molecule has 2 aromatic carbocycles. The Morgan fingerprint density at radius 2 is 1.68 bits per heavy atom. The molecule has 1 unspecified atom stereocenters. The van der Waals surface area contributed by atoms with Gasteiger partial charge >= 0.3 is 0 Å². The monoisotopic (exact) mass is 474 g/mol. The van der Waals surface area contributed by atoms with Crippen molar-refractivity contribution in [3.8, 4) is 28.4 Å². The molecule has 1 aliphatic rings. The fraction of sp³-hybridized carbons (Fsp3) is 0.480. The zero-order chi connectivity index (χ0) is 24.7. The molecule has 0 heterocycles. The Morgan fingerprint density at radius 1 is 0.971 bits per heavy atom. The third kappa shape index (κ3) is 5.12. The van der Waals surface area contributed by atoms with Crippen LogP contribution in [-0.4, -0.2) is 81.0 Å². The van der Waals surface area contributed by atoms with E-state index in [1.54, 1.807) is 33.5 Å². The Kier molecular flexibility index (Phi) is 9.12. The minimum atomic E-state index is -0.228. The molecule has 0 radical (unpaired) electrons.